The van der Waals surface area contributed by atoms with E-state index in [2.05, 4.69) is 15.3 Å². The summed E-state index contributed by atoms with van der Waals surface area (Å²) in [6.45, 7) is 6.66. The van der Waals surface area contributed by atoms with Crippen LogP contribution in [0.15, 0.2) is 97.1 Å². The van der Waals surface area contributed by atoms with Crippen molar-refractivity contribution < 1.29 is 57.2 Å². The molecule has 78 heavy (non-hydrogen) atoms. The molecule has 19 heteroatoms. The van der Waals surface area contributed by atoms with Crippen LogP contribution in [0.5, 0.6) is 0 Å². The molecule has 0 saturated carbocycles. The molecule has 2 fully saturated rings. The van der Waals surface area contributed by atoms with Gasteiger partial charge >= 0.3 is 12.2 Å². The van der Waals surface area contributed by atoms with Gasteiger partial charge in [-0.1, -0.05) is 74.5 Å². The van der Waals surface area contributed by atoms with Crippen molar-refractivity contribution in [3.63, 3.8) is 0 Å². The molecule has 0 aliphatic carbocycles. The number of hydrogen-bond acceptors (Lipinski definition) is 10. The monoisotopic (exact) mass is 1070 g/mol. The number of Topliss-reactive ketones (excluding diaryl/α,β-unsaturated/α-hetero) is 1. The predicted molar refractivity (Wildman–Crippen MR) is 288 cm³/mol. The van der Waals surface area contributed by atoms with Gasteiger partial charge in [-0.25, -0.2) is 18.4 Å². The lowest BCUT2D eigenvalue weighted by Crippen LogP contribution is -2.54. The molecule has 5 N–H and O–H groups in total. The number of aliphatic hydroxyl groups excluding tert-OH is 2. The molecular formula is C59H69F2N7O10. The number of H-pyrrole nitrogens is 2. The summed E-state index contributed by atoms with van der Waals surface area (Å²) in [6, 6.07) is 22.7. The van der Waals surface area contributed by atoms with Crippen molar-refractivity contribution in [3.05, 3.63) is 131 Å². The van der Waals surface area contributed by atoms with Crippen LogP contribution in [-0.2, 0) is 54.7 Å². The number of nitrogens with zero attached hydrogens (tertiary/aromatic N) is 4. The lowest BCUT2D eigenvalue weighted by Gasteiger charge is -2.31. The maximum atomic E-state index is 15.1. The van der Waals surface area contributed by atoms with Crippen molar-refractivity contribution in [1.29, 1.82) is 0 Å². The van der Waals surface area contributed by atoms with Crippen LogP contribution in [0.3, 0.4) is 0 Å². The zero-order valence-corrected chi connectivity index (χ0v) is 44.8. The van der Waals surface area contributed by atoms with Crippen LogP contribution in [0, 0.1) is 17.6 Å². The van der Waals surface area contributed by atoms with Gasteiger partial charge in [-0.3, -0.25) is 24.1 Å². The van der Waals surface area contributed by atoms with E-state index in [1.165, 1.54) is 50.2 Å². The molecule has 2 aliphatic rings. The number of aromatic nitrogens is 2. The smallest absolute Gasteiger partial charge is 0.410 e. The summed E-state index contributed by atoms with van der Waals surface area (Å²) in [5, 5.41) is 26.5. The third kappa shape index (κ3) is 12.7. The van der Waals surface area contributed by atoms with Crippen molar-refractivity contribution in [2.24, 2.45) is 5.92 Å². The maximum absolute atomic E-state index is 15.1. The van der Waals surface area contributed by atoms with E-state index in [9.17, 15) is 39.0 Å². The second-order valence-corrected chi connectivity index (χ2v) is 20.7. The number of nitrogens with one attached hydrogen (secondary N) is 3. The quantitative estimate of drug-likeness (QED) is 0.0500. The van der Waals surface area contributed by atoms with Crippen LogP contribution < -0.4 is 5.32 Å². The average Bonchev–Trinajstić information content (AvgIpc) is 4.22. The van der Waals surface area contributed by atoms with E-state index in [1.54, 1.807) is 42.7 Å². The van der Waals surface area contributed by atoms with E-state index in [4.69, 9.17) is 9.47 Å². The van der Waals surface area contributed by atoms with E-state index in [0.29, 0.717) is 50.7 Å². The largest absolute Gasteiger partial charge is 0.445 e. The Balaban J connectivity index is 1.03. The summed E-state index contributed by atoms with van der Waals surface area (Å²) in [5.41, 5.74) is 4.75. The topological polar surface area (TPSA) is 218 Å². The van der Waals surface area contributed by atoms with E-state index < -0.39 is 84.0 Å². The first-order valence-corrected chi connectivity index (χ1v) is 26.6. The minimum Gasteiger partial charge on any atom is -0.445 e. The predicted octanol–water partition coefficient (Wildman–Crippen LogP) is 7.80. The second-order valence-electron chi connectivity index (χ2n) is 20.7. The Morgan fingerprint density at radius 1 is 0.654 bits per heavy atom. The Hall–Kier alpha value is -7.64. The molecular weight excluding hydrogens is 1000 g/mol. The standard InChI is InChI=1S/C59H69F2N7O10/c1-7-38(23-52(71)34(3)65(5)58(75)77-32-36-15-11-9-12-16-36)56(73)67-30-43(69)26-41(67)28-47-45-21-19-39(60)24-50(45)62-53(47)54-48(46-22-20-40(61)25-51(46)63-54)29-42-27-44(70)31-68(42)57(74)49(8-2)64-55(72)35(4)66(6)59(76)78-33-37-17-13-10-14-18-37/h9-22,24-25,34-35,38,41-44,49,62-63,69-70H,7-8,23,26-33H2,1-6H3,(H,64,72)/t34-,35-,38+,41-,42-,43-,44-,49-/m0/s1. The minimum absolute atomic E-state index is 0.00266. The molecule has 2 saturated heterocycles. The van der Waals surface area contributed by atoms with Crippen LogP contribution in [0.2, 0.25) is 0 Å². The van der Waals surface area contributed by atoms with Gasteiger partial charge < -0.3 is 49.7 Å². The SMILES string of the molecule is CC[C@H](CC(=O)[C@H](C)N(C)C(=O)OCc1ccccc1)C(=O)N1C[C@@H](O)C[C@H]1Cc1c(-c2[nH]c3cc(F)ccc3c2C[C@@H]2C[C@H](O)CN2C(=O)[C@H](CC)NC(=O)[C@H](C)N(C)C(=O)OCc2ccccc2)[nH]c2cc(F)ccc12. The van der Waals surface area contributed by atoms with Crippen LogP contribution in [0.25, 0.3) is 33.2 Å². The Kier molecular flexibility index (Phi) is 18.0. The highest BCUT2D eigenvalue weighted by atomic mass is 19.1. The van der Waals surface area contributed by atoms with E-state index in [0.717, 1.165) is 16.0 Å². The van der Waals surface area contributed by atoms with Crippen LogP contribution in [0.4, 0.5) is 18.4 Å². The first-order valence-electron chi connectivity index (χ1n) is 26.6. The number of carbonyl (C=O) groups is 6. The first kappa shape index (κ1) is 56.6. The lowest BCUT2D eigenvalue weighted by atomic mass is 9.93. The molecule has 0 radical (unpaired) electrons. The number of β-amino-alcohol motifs (C(OH)–C–C–N with tert-alkyl or cyclic N) is 2. The van der Waals surface area contributed by atoms with Gasteiger partial charge in [-0.05, 0) is 111 Å². The number of hydrogen-bond donors (Lipinski definition) is 5. The normalized spacial score (nSPS) is 18.8. The van der Waals surface area contributed by atoms with Gasteiger partial charge in [0.05, 0.1) is 29.6 Å². The Bertz CT molecular complexity index is 2930. The maximum Gasteiger partial charge on any atom is 0.410 e. The highest BCUT2D eigenvalue weighted by Crippen LogP contribution is 2.40. The number of carbonyl (C=O) groups excluding carboxylic acids is 6. The molecule has 0 spiro atoms. The van der Waals surface area contributed by atoms with Gasteiger partial charge in [0.1, 0.15) is 36.9 Å². The van der Waals surface area contributed by atoms with E-state index in [1.807, 2.05) is 60.7 Å². The highest BCUT2D eigenvalue weighted by Gasteiger charge is 2.41. The number of amides is 5. The number of benzene rings is 4. The third-order valence-corrected chi connectivity index (χ3v) is 15.5. The van der Waals surface area contributed by atoms with Gasteiger partial charge in [-0.2, -0.15) is 0 Å². The van der Waals surface area contributed by atoms with Gasteiger partial charge in [0, 0.05) is 73.4 Å². The van der Waals surface area contributed by atoms with E-state index >= 15 is 8.78 Å². The average molecular weight is 1070 g/mol. The van der Waals surface area contributed by atoms with Crippen molar-refractivity contribution in [1.82, 2.24) is 34.9 Å². The summed E-state index contributed by atoms with van der Waals surface area (Å²) < 4.78 is 41.0. The van der Waals surface area contributed by atoms with Crippen LogP contribution in [0.1, 0.15) is 82.1 Å². The molecule has 414 valence electrons. The molecule has 2 aliphatic heterocycles. The lowest BCUT2D eigenvalue weighted by molar-refractivity contribution is -0.139. The Labute approximate surface area is 451 Å². The molecule has 4 aromatic carbocycles. The molecule has 17 nitrogen and oxygen atoms in total. The number of aliphatic hydroxyl groups is 2. The number of fused-ring (bicyclic) bond motifs is 2. The Morgan fingerprint density at radius 3 is 1.55 bits per heavy atom. The van der Waals surface area contributed by atoms with Crippen molar-refractivity contribution >= 4 is 57.5 Å². The molecule has 0 bridgehead atoms. The third-order valence-electron chi connectivity index (χ3n) is 15.5. The van der Waals surface area contributed by atoms with Crippen molar-refractivity contribution in [2.45, 2.75) is 128 Å². The second kappa shape index (κ2) is 24.8. The van der Waals surface area contributed by atoms with Crippen LogP contribution >= 0.6 is 0 Å². The van der Waals surface area contributed by atoms with Crippen molar-refractivity contribution in [2.75, 3.05) is 27.2 Å². The van der Waals surface area contributed by atoms with Gasteiger partial charge in [0.2, 0.25) is 17.7 Å². The summed E-state index contributed by atoms with van der Waals surface area (Å²) in [4.78, 5) is 94.8. The molecule has 8 atom stereocenters. The molecule has 8 rings (SSSR count). The molecule has 2 aromatic heterocycles. The van der Waals surface area contributed by atoms with Gasteiger partial charge in [0.15, 0.2) is 5.78 Å². The fraction of sp³-hybridized carbons (Fsp3) is 0.424. The zero-order chi connectivity index (χ0) is 55.9. The summed E-state index contributed by atoms with van der Waals surface area (Å²) in [7, 11) is 2.91. The molecule has 4 heterocycles. The number of likely N-dealkylation sites (N-methyl/N-ethyl adjacent to an activating group) is 2. The number of likely N-dealkylation sites (tertiary alicyclic amines) is 2. The fourth-order valence-electron chi connectivity index (χ4n) is 10.7. The van der Waals surface area contributed by atoms with Crippen molar-refractivity contribution in [3.8, 4) is 11.4 Å². The van der Waals surface area contributed by atoms with Gasteiger partial charge in [-0.15, -0.1) is 0 Å². The first-order chi connectivity index (χ1) is 37.3. The fourth-order valence-corrected chi connectivity index (χ4v) is 10.7. The van der Waals surface area contributed by atoms with E-state index in [-0.39, 0.29) is 76.5 Å². The van der Waals surface area contributed by atoms with Crippen LogP contribution in [-0.4, -0.2) is 145 Å². The highest BCUT2D eigenvalue weighted by molar-refractivity contribution is 5.97. The Morgan fingerprint density at radius 2 is 1.10 bits per heavy atom. The number of halogens is 2. The number of ether oxygens (including phenoxy) is 2. The number of rotatable bonds is 20. The molecule has 0 unspecified atom stereocenters. The number of aromatic amines is 2. The zero-order valence-electron chi connectivity index (χ0n) is 44.8. The minimum atomic E-state index is -1.02. The molecule has 6 aromatic rings. The molecule has 5 amide bonds. The summed E-state index contributed by atoms with van der Waals surface area (Å²) >= 11 is 0. The summed E-state index contributed by atoms with van der Waals surface area (Å²) in [6.07, 6.45) is -2.20. The summed E-state index contributed by atoms with van der Waals surface area (Å²) in [5.74, 6) is -3.50. The number of ketones is 1. The van der Waals surface area contributed by atoms with Gasteiger partial charge in [0.25, 0.3) is 0 Å².